The highest BCUT2D eigenvalue weighted by Gasteiger charge is 2.17. The maximum atomic E-state index is 11.1. The second-order valence-electron chi connectivity index (χ2n) is 20.4. The lowest BCUT2D eigenvalue weighted by Gasteiger charge is -2.09. The van der Waals surface area contributed by atoms with Gasteiger partial charge in [0.2, 0.25) is 0 Å². The van der Waals surface area contributed by atoms with Crippen LogP contribution in [-0.2, 0) is 4.57 Å². The quantitative estimate of drug-likeness (QED) is 0.0777. The molecule has 0 unspecified atom stereocenters. The smallest absolute Gasteiger partial charge is 0.356 e. The standard InChI is InChI=1S/C15H13N.C15H14O2.C14H15N.C14H15O3P.C14H14O/c1-11-3-4-12(2)15(9-11)14-7-5-13(10-16)6-8-14;1-10-3-4-11(2)14(9-10)12-5-7-13(8-6-12)15(16)17;1-10-3-4-11(2)14(9-10)12-5-7-13(15)8-6-12;1-10-3-4-11(2)14(9-10)12-5-7-13(8-6-12)18(15,16)17;1-10-3-4-11(2)14(9-10)12-5-7-13(15)8-6-12/h3-9H,1-2H3;3-9H,1-2H3,(H,16,17);3-9H,15H2,1-2H3;3-9H,1-2H3,(H2,15,16,17);3-9,15H,1-2H3. The van der Waals surface area contributed by atoms with Crippen LogP contribution in [0.15, 0.2) is 212 Å². The van der Waals surface area contributed by atoms with E-state index in [4.69, 9.17) is 25.9 Å². The fraction of sp³-hybridized carbons (Fsp3) is 0.139. The number of aromatic hydroxyl groups is 1. The number of aryl methyl sites for hydroxylation is 10. The molecule has 10 rings (SSSR count). The molecule has 8 nitrogen and oxygen atoms in total. The van der Waals surface area contributed by atoms with Gasteiger partial charge in [0, 0.05) is 5.69 Å². The molecule has 0 aliphatic heterocycles. The highest BCUT2D eigenvalue weighted by atomic mass is 31.2. The molecule has 410 valence electrons. The Hall–Kier alpha value is -9.09. The molecule has 0 radical (unpaired) electrons. The Kier molecular flexibility index (Phi) is 21.3. The first-order valence-corrected chi connectivity index (χ1v) is 28.1. The first-order chi connectivity index (χ1) is 38.5. The molecule has 10 aromatic carbocycles. The summed E-state index contributed by atoms with van der Waals surface area (Å²) in [6, 6.07) is 70.4. The van der Waals surface area contributed by atoms with Crippen LogP contribution in [0.3, 0.4) is 0 Å². The van der Waals surface area contributed by atoms with Crippen molar-refractivity contribution in [2.24, 2.45) is 0 Å². The largest absolute Gasteiger partial charge is 0.508 e. The van der Waals surface area contributed by atoms with Crippen molar-refractivity contribution in [3.8, 4) is 67.5 Å². The van der Waals surface area contributed by atoms with Gasteiger partial charge in [0.05, 0.1) is 22.5 Å². The molecule has 10 aromatic rings. The fourth-order valence-corrected chi connectivity index (χ4v) is 9.43. The number of anilines is 1. The van der Waals surface area contributed by atoms with Gasteiger partial charge in [-0.25, -0.2) is 4.79 Å². The average molecular weight is 1090 g/mol. The van der Waals surface area contributed by atoms with Gasteiger partial charge < -0.3 is 25.7 Å². The molecular weight excluding hydrogens is 1020 g/mol. The number of phenols is 1. The Morgan fingerprint density at radius 2 is 0.654 bits per heavy atom. The zero-order valence-electron chi connectivity index (χ0n) is 47.8. The predicted octanol–water partition coefficient (Wildman–Crippen LogP) is 17.5. The van der Waals surface area contributed by atoms with Crippen LogP contribution in [0.5, 0.6) is 5.75 Å². The highest BCUT2D eigenvalue weighted by molar-refractivity contribution is 7.60. The number of carboxylic acid groups (broad SMARTS) is 1. The molecule has 0 spiro atoms. The maximum Gasteiger partial charge on any atom is 0.356 e. The Labute approximate surface area is 478 Å². The van der Waals surface area contributed by atoms with E-state index in [1.165, 1.54) is 84.5 Å². The maximum absolute atomic E-state index is 11.1. The van der Waals surface area contributed by atoms with Gasteiger partial charge in [0.15, 0.2) is 0 Å². The molecule has 0 saturated carbocycles. The molecule has 0 atom stereocenters. The van der Waals surface area contributed by atoms with Crippen LogP contribution in [0, 0.1) is 80.6 Å². The number of hydrogen-bond donors (Lipinski definition) is 5. The number of phenolic OH excluding ortho intramolecular Hbond substituents is 1. The summed E-state index contributed by atoms with van der Waals surface area (Å²) in [6.45, 7) is 20.8. The van der Waals surface area contributed by atoms with Gasteiger partial charge in [0.25, 0.3) is 0 Å². The van der Waals surface area contributed by atoms with Crippen molar-refractivity contribution >= 4 is 24.6 Å². The number of hydrogen-bond acceptors (Lipinski definition) is 5. The van der Waals surface area contributed by atoms with E-state index in [2.05, 4.69) is 152 Å². The molecule has 0 saturated heterocycles. The van der Waals surface area contributed by atoms with E-state index >= 15 is 0 Å². The minimum Gasteiger partial charge on any atom is -0.508 e. The lowest BCUT2D eigenvalue weighted by molar-refractivity contribution is 0.0696. The molecule has 0 aliphatic carbocycles. The number of carbonyl (C=O) groups is 1. The molecule has 0 bridgehead atoms. The van der Waals surface area contributed by atoms with E-state index in [-0.39, 0.29) is 5.30 Å². The van der Waals surface area contributed by atoms with Crippen molar-refractivity contribution in [3.63, 3.8) is 0 Å². The number of rotatable bonds is 7. The average Bonchev–Trinajstić information content (AvgIpc) is 3.54. The number of nitrogens with zero attached hydrogens (tertiary/aromatic N) is 1. The summed E-state index contributed by atoms with van der Waals surface area (Å²) in [6.07, 6.45) is 0. The zero-order chi connectivity index (χ0) is 59.0. The van der Waals surface area contributed by atoms with Crippen molar-refractivity contribution in [2.45, 2.75) is 69.2 Å². The predicted molar refractivity (Wildman–Crippen MR) is 336 cm³/mol. The van der Waals surface area contributed by atoms with E-state index in [0.717, 1.165) is 44.6 Å². The Bertz CT molecular complexity index is 3740. The minimum absolute atomic E-state index is 0.0524. The van der Waals surface area contributed by atoms with Gasteiger partial charge in [-0.2, -0.15) is 5.26 Å². The monoisotopic (exact) mass is 1090 g/mol. The Balaban J connectivity index is 0.000000163. The summed E-state index contributed by atoms with van der Waals surface area (Å²) in [4.78, 5) is 28.9. The Morgan fingerprint density at radius 3 is 0.926 bits per heavy atom. The van der Waals surface area contributed by atoms with Crippen LogP contribution in [0.2, 0.25) is 0 Å². The van der Waals surface area contributed by atoms with Crippen molar-refractivity contribution in [3.05, 3.63) is 279 Å². The SMILES string of the molecule is Cc1ccc(C)c(-c2ccc(C#N)cc2)c1.Cc1ccc(C)c(-c2ccc(C(=O)O)cc2)c1.Cc1ccc(C)c(-c2ccc(N)cc2)c1.Cc1ccc(C)c(-c2ccc(O)cc2)c1.Cc1ccc(C)c(-c2ccc(P(=O)(O)O)cc2)c1. The van der Waals surface area contributed by atoms with Crippen LogP contribution in [0.25, 0.3) is 55.6 Å². The number of nitriles is 1. The molecule has 0 fully saturated rings. The summed E-state index contributed by atoms with van der Waals surface area (Å²) in [7, 11) is -4.15. The summed E-state index contributed by atoms with van der Waals surface area (Å²) < 4.78 is 11.1. The topological polar surface area (TPSA) is 165 Å². The highest BCUT2D eigenvalue weighted by Crippen LogP contribution is 2.35. The number of aromatic carboxylic acids is 1. The van der Waals surface area contributed by atoms with Gasteiger partial charge in [-0.3, -0.25) is 4.57 Å². The lowest BCUT2D eigenvalue weighted by atomic mass is 9.98. The molecular formula is C72H71N2O6P. The summed E-state index contributed by atoms with van der Waals surface area (Å²) in [5.74, 6) is -0.582. The minimum atomic E-state index is -4.15. The summed E-state index contributed by atoms with van der Waals surface area (Å²) >= 11 is 0. The number of nitrogens with two attached hydrogens (primary N) is 1. The van der Waals surface area contributed by atoms with Crippen LogP contribution < -0.4 is 11.0 Å². The van der Waals surface area contributed by atoms with Crippen LogP contribution in [-0.4, -0.2) is 26.0 Å². The first-order valence-electron chi connectivity index (χ1n) is 26.5. The van der Waals surface area contributed by atoms with Crippen LogP contribution in [0.1, 0.15) is 71.6 Å². The van der Waals surface area contributed by atoms with Gasteiger partial charge in [-0.1, -0.05) is 179 Å². The van der Waals surface area contributed by atoms with E-state index in [9.17, 15) is 14.5 Å². The molecule has 0 aromatic heterocycles. The summed E-state index contributed by atoms with van der Waals surface area (Å²) in [5, 5.41) is 26.9. The lowest BCUT2D eigenvalue weighted by Crippen LogP contribution is -2.02. The molecule has 0 aliphatic rings. The third-order valence-corrected chi connectivity index (χ3v) is 14.6. The molecule has 6 N–H and O–H groups in total. The van der Waals surface area contributed by atoms with E-state index in [1.54, 1.807) is 36.4 Å². The van der Waals surface area contributed by atoms with Crippen molar-refractivity contribution in [1.82, 2.24) is 0 Å². The van der Waals surface area contributed by atoms with E-state index in [0.29, 0.717) is 16.9 Å². The molecule has 9 heteroatoms. The van der Waals surface area contributed by atoms with Crippen molar-refractivity contribution in [2.75, 3.05) is 5.73 Å². The second kappa shape index (κ2) is 28.2. The molecule has 0 amide bonds. The van der Waals surface area contributed by atoms with Crippen molar-refractivity contribution < 1.29 is 29.4 Å². The van der Waals surface area contributed by atoms with Crippen LogP contribution in [0.4, 0.5) is 5.69 Å². The molecule has 81 heavy (non-hydrogen) atoms. The number of carboxylic acids is 1. The second-order valence-corrected chi connectivity index (χ2v) is 22.0. The van der Waals surface area contributed by atoms with Gasteiger partial charge in [-0.05, 0) is 213 Å². The Morgan fingerprint density at radius 1 is 0.395 bits per heavy atom. The third kappa shape index (κ3) is 17.7. The van der Waals surface area contributed by atoms with Gasteiger partial charge in [-0.15, -0.1) is 0 Å². The van der Waals surface area contributed by atoms with E-state index in [1.807, 2.05) is 86.6 Å². The van der Waals surface area contributed by atoms with Crippen molar-refractivity contribution in [1.29, 1.82) is 5.26 Å². The van der Waals surface area contributed by atoms with E-state index < -0.39 is 13.6 Å². The normalized spacial score (nSPS) is 10.5. The third-order valence-electron chi connectivity index (χ3n) is 13.6. The van der Waals surface area contributed by atoms with Crippen LogP contribution >= 0.6 is 7.60 Å². The fourth-order valence-electron chi connectivity index (χ4n) is 8.89. The molecule has 0 heterocycles. The number of benzene rings is 10. The van der Waals surface area contributed by atoms with Gasteiger partial charge in [0.1, 0.15) is 5.75 Å². The first kappa shape index (κ1) is 61.1. The zero-order valence-corrected chi connectivity index (χ0v) is 48.7. The number of nitrogen functional groups attached to an aromatic ring is 1. The van der Waals surface area contributed by atoms with Gasteiger partial charge >= 0.3 is 13.6 Å². The summed E-state index contributed by atoms with van der Waals surface area (Å²) in [5.41, 5.74) is 31.4.